The van der Waals surface area contributed by atoms with Crippen LogP contribution in [0.1, 0.15) is 30.8 Å². The van der Waals surface area contributed by atoms with Crippen LogP contribution in [0.2, 0.25) is 5.02 Å². The third-order valence-corrected chi connectivity index (χ3v) is 2.91. The first-order chi connectivity index (χ1) is 7.02. The standard InChI is InChI=1S/C9H15ClN4O/c1-4-7(9(15)12-11)14-6(3)8(10)5(2)13-14/h7H,4,11H2,1-3H3,(H,12,15)/t7-/m1/s1. The van der Waals surface area contributed by atoms with Crippen LogP contribution in [0.3, 0.4) is 0 Å². The van der Waals surface area contributed by atoms with Crippen LogP contribution < -0.4 is 11.3 Å². The Morgan fingerprint density at radius 1 is 1.67 bits per heavy atom. The van der Waals surface area contributed by atoms with Crippen LogP contribution in [0.5, 0.6) is 0 Å². The Kier molecular flexibility index (Phi) is 3.71. The molecule has 0 aliphatic rings. The minimum Gasteiger partial charge on any atom is -0.292 e. The second kappa shape index (κ2) is 4.63. The van der Waals surface area contributed by atoms with Gasteiger partial charge in [-0.05, 0) is 20.3 Å². The Morgan fingerprint density at radius 3 is 2.60 bits per heavy atom. The second-order valence-corrected chi connectivity index (χ2v) is 3.74. The number of hydrazine groups is 1. The summed E-state index contributed by atoms with van der Waals surface area (Å²) in [5.41, 5.74) is 3.63. The summed E-state index contributed by atoms with van der Waals surface area (Å²) in [6.07, 6.45) is 0.612. The molecule has 1 aromatic rings. The van der Waals surface area contributed by atoms with E-state index in [4.69, 9.17) is 17.4 Å². The van der Waals surface area contributed by atoms with Crippen molar-refractivity contribution in [3.05, 3.63) is 16.4 Å². The highest BCUT2D eigenvalue weighted by atomic mass is 35.5. The molecule has 0 aliphatic heterocycles. The molecule has 1 atom stereocenters. The largest absolute Gasteiger partial charge is 0.292 e. The number of nitrogens with zero attached hydrogens (tertiary/aromatic N) is 2. The molecule has 0 aliphatic carbocycles. The quantitative estimate of drug-likeness (QED) is 0.464. The third-order valence-electron chi connectivity index (χ3n) is 2.36. The Bertz CT molecular complexity index is 374. The Morgan fingerprint density at radius 2 is 2.27 bits per heavy atom. The third kappa shape index (κ3) is 2.13. The topological polar surface area (TPSA) is 72.9 Å². The maximum Gasteiger partial charge on any atom is 0.258 e. The number of halogens is 1. The summed E-state index contributed by atoms with van der Waals surface area (Å²) < 4.78 is 1.61. The predicted molar refractivity (Wildman–Crippen MR) is 58.4 cm³/mol. The van der Waals surface area contributed by atoms with Gasteiger partial charge in [0, 0.05) is 0 Å². The van der Waals surface area contributed by atoms with Crippen LogP contribution in [0.25, 0.3) is 0 Å². The molecule has 0 bridgehead atoms. The molecule has 0 aromatic carbocycles. The van der Waals surface area contributed by atoms with Crippen molar-refractivity contribution in [2.75, 3.05) is 0 Å². The highest BCUT2D eigenvalue weighted by Gasteiger charge is 2.22. The Labute approximate surface area is 93.6 Å². The lowest BCUT2D eigenvalue weighted by atomic mass is 10.2. The fourth-order valence-corrected chi connectivity index (χ4v) is 1.64. The minimum absolute atomic E-state index is 0.264. The zero-order valence-corrected chi connectivity index (χ0v) is 9.80. The predicted octanol–water partition coefficient (Wildman–Crippen LogP) is 1.09. The molecule has 5 nitrogen and oxygen atoms in total. The number of hydrogen-bond acceptors (Lipinski definition) is 3. The van der Waals surface area contributed by atoms with E-state index < -0.39 is 6.04 Å². The van der Waals surface area contributed by atoms with Crippen LogP contribution in [-0.2, 0) is 4.79 Å². The number of carbonyl (C=O) groups is 1. The number of aromatic nitrogens is 2. The van der Waals surface area contributed by atoms with Crippen molar-refractivity contribution in [2.45, 2.75) is 33.2 Å². The number of hydrogen-bond donors (Lipinski definition) is 2. The van der Waals surface area contributed by atoms with Gasteiger partial charge in [0.15, 0.2) is 0 Å². The van der Waals surface area contributed by atoms with Gasteiger partial charge in [-0.2, -0.15) is 5.10 Å². The fraction of sp³-hybridized carbons (Fsp3) is 0.556. The first-order valence-corrected chi connectivity index (χ1v) is 5.12. The van der Waals surface area contributed by atoms with E-state index >= 15 is 0 Å². The first-order valence-electron chi connectivity index (χ1n) is 4.74. The number of nitrogens with two attached hydrogens (primary N) is 1. The van der Waals surface area contributed by atoms with E-state index in [9.17, 15) is 4.79 Å². The summed E-state index contributed by atoms with van der Waals surface area (Å²) in [5.74, 6) is 4.84. The van der Waals surface area contributed by atoms with Gasteiger partial charge < -0.3 is 0 Å². The molecular weight excluding hydrogens is 216 g/mol. The number of carbonyl (C=O) groups excluding carboxylic acids is 1. The van der Waals surface area contributed by atoms with E-state index in [1.54, 1.807) is 11.6 Å². The molecule has 1 aromatic heterocycles. The maximum absolute atomic E-state index is 11.5. The van der Waals surface area contributed by atoms with Crippen LogP contribution in [0, 0.1) is 13.8 Å². The normalized spacial score (nSPS) is 12.6. The summed E-state index contributed by atoms with van der Waals surface area (Å²) in [6.45, 7) is 5.53. The lowest BCUT2D eigenvalue weighted by molar-refractivity contribution is -0.124. The summed E-state index contributed by atoms with van der Waals surface area (Å²) >= 11 is 6.00. The van der Waals surface area contributed by atoms with Gasteiger partial charge in [-0.1, -0.05) is 18.5 Å². The lowest BCUT2D eigenvalue weighted by Crippen LogP contribution is -2.37. The smallest absolute Gasteiger partial charge is 0.258 e. The molecule has 0 fully saturated rings. The molecule has 1 rings (SSSR count). The summed E-state index contributed by atoms with van der Waals surface area (Å²) in [7, 11) is 0. The van der Waals surface area contributed by atoms with Crippen molar-refractivity contribution in [1.82, 2.24) is 15.2 Å². The maximum atomic E-state index is 11.5. The fourth-order valence-electron chi connectivity index (χ4n) is 1.51. The van der Waals surface area contributed by atoms with Gasteiger partial charge in [0.25, 0.3) is 5.91 Å². The van der Waals surface area contributed by atoms with Gasteiger partial charge >= 0.3 is 0 Å². The Balaban J connectivity index is 3.13. The lowest BCUT2D eigenvalue weighted by Gasteiger charge is -2.15. The monoisotopic (exact) mass is 230 g/mol. The van der Waals surface area contributed by atoms with E-state index in [1.165, 1.54) is 0 Å². The highest BCUT2D eigenvalue weighted by molar-refractivity contribution is 6.31. The molecule has 0 saturated carbocycles. The van der Waals surface area contributed by atoms with E-state index in [0.717, 1.165) is 11.4 Å². The van der Waals surface area contributed by atoms with Crippen LogP contribution in [0.15, 0.2) is 0 Å². The average Bonchev–Trinajstić information content (AvgIpc) is 2.47. The molecular formula is C9H15ClN4O. The van der Waals surface area contributed by atoms with Crippen molar-refractivity contribution in [3.8, 4) is 0 Å². The number of amides is 1. The zero-order chi connectivity index (χ0) is 11.6. The van der Waals surface area contributed by atoms with Crippen LogP contribution >= 0.6 is 11.6 Å². The van der Waals surface area contributed by atoms with Gasteiger partial charge in [0.05, 0.1) is 16.4 Å². The van der Waals surface area contributed by atoms with E-state index in [1.807, 2.05) is 13.8 Å². The molecule has 0 radical (unpaired) electrons. The SMILES string of the molecule is CC[C@H](C(=O)NN)n1nc(C)c(Cl)c1C. The molecule has 6 heteroatoms. The van der Waals surface area contributed by atoms with Gasteiger partial charge in [-0.25, -0.2) is 5.84 Å². The molecule has 84 valence electrons. The van der Waals surface area contributed by atoms with Gasteiger partial charge in [0.2, 0.25) is 0 Å². The van der Waals surface area contributed by atoms with Crippen molar-refractivity contribution < 1.29 is 4.79 Å². The number of rotatable bonds is 3. The molecule has 0 spiro atoms. The summed E-state index contributed by atoms with van der Waals surface area (Å²) in [4.78, 5) is 11.5. The molecule has 0 unspecified atom stereocenters. The van der Waals surface area contributed by atoms with Gasteiger partial charge in [-0.15, -0.1) is 0 Å². The van der Waals surface area contributed by atoms with E-state index in [2.05, 4.69) is 10.5 Å². The van der Waals surface area contributed by atoms with Crippen molar-refractivity contribution in [2.24, 2.45) is 5.84 Å². The molecule has 15 heavy (non-hydrogen) atoms. The van der Waals surface area contributed by atoms with Gasteiger partial charge in [0.1, 0.15) is 6.04 Å². The number of nitrogens with one attached hydrogen (secondary N) is 1. The van der Waals surface area contributed by atoms with Crippen molar-refractivity contribution >= 4 is 17.5 Å². The highest BCUT2D eigenvalue weighted by Crippen LogP contribution is 2.23. The second-order valence-electron chi connectivity index (χ2n) is 3.36. The molecule has 3 N–H and O–H groups in total. The average molecular weight is 231 g/mol. The van der Waals surface area contributed by atoms with Crippen LogP contribution in [0.4, 0.5) is 0 Å². The van der Waals surface area contributed by atoms with E-state index in [0.29, 0.717) is 11.4 Å². The van der Waals surface area contributed by atoms with Crippen molar-refractivity contribution in [1.29, 1.82) is 0 Å². The zero-order valence-electron chi connectivity index (χ0n) is 9.04. The molecule has 0 saturated heterocycles. The summed E-state index contributed by atoms with van der Waals surface area (Å²) in [6, 6.07) is -0.402. The number of aryl methyl sites for hydroxylation is 1. The van der Waals surface area contributed by atoms with Crippen LogP contribution in [-0.4, -0.2) is 15.7 Å². The first kappa shape index (κ1) is 12.0. The molecule has 1 heterocycles. The van der Waals surface area contributed by atoms with E-state index in [-0.39, 0.29) is 5.91 Å². The van der Waals surface area contributed by atoms with Gasteiger partial charge in [-0.3, -0.25) is 14.9 Å². The van der Waals surface area contributed by atoms with Crippen molar-refractivity contribution in [3.63, 3.8) is 0 Å². The summed E-state index contributed by atoms with van der Waals surface area (Å²) in [5, 5.41) is 4.81. The molecule has 1 amide bonds. The minimum atomic E-state index is -0.402. The Hall–Kier alpha value is -1.07.